The summed E-state index contributed by atoms with van der Waals surface area (Å²) >= 11 is 0. The van der Waals surface area contributed by atoms with Gasteiger partial charge in [0, 0.05) is 29.2 Å². The van der Waals surface area contributed by atoms with E-state index in [-0.39, 0.29) is 18.9 Å². The molecule has 0 unspecified atom stereocenters. The zero-order chi connectivity index (χ0) is 17.7. The molecular weight excluding hydrogens is 304 g/mol. The van der Waals surface area contributed by atoms with Crippen molar-refractivity contribution in [2.75, 3.05) is 18.0 Å². The van der Waals surface area contributed by atoms with E-state index >= 15 is 0 Å². The minimum atomic E-state index is -0.969. The van der Waals surface area contributed by atoms with Crippen LogP contribution in [-0.4, -0.2) is 34.5 Å². The van der Waals surface area contributed by atoms with Gasteiger partial charge >= 0.3 is 5.97 Å². The van der Waals surface area contributed by atoms with E-state index in [0.29, 0.717) is 17.8 Å². The number of rotatable bonds is 8. The number of aromatic nitrogens is 1. The van der Waals surface area contributed by atoms with Crippen molar-refractivity contribution in [3.8, 4) is 0 Å². The molecule has 0 aliphatic carbocycles. The van der Waals surface area contributed by atoms with Crippen molar-refractivity contribution in [2.45, 2.75) is 20.4 Å². The molecule has 2 aromatic rings. The lowest BCUT2D eigenvalue weighted by atomic mass is 10.1. The zero-order valence-corrected chi connectivity index (χ0v) is 14.0. The molecule has 0 saturated heterocycles. The summed E-state index contributed by atoms with van der Waals surface area (Å²) in [6.45, 7) is 8.02. The smallest absolute Gasteiger partial charge is 0.323 e. The van der Waals surface area contributed by atoms with Gasteiger partial charge in [0.1, 0.15) is 6.54 Å². The molecule has 0 amide bonds. The van der Waals surface area contributed by atoms with E-state index in [2.05, 4.69) is 6.58 Å². The number of hydrogen-bond donors (Lipinski definition) is 1. The Morgan fingerprint density at radius 3 is 2.46 bits per heavy atom. The lowest BCUT2D eigenvalue weighted by Crippen LogP contribution is -2.34. The van der Waals surface area contributed by atoms with Crippen molar-refractivity contribution in [3.63, 3.8) is 0 Å². The van der Waals surface area contributed by atoms with Crippen LogP contribution in [0.5, 0.6) is 0 Å². The van der Waals surface area contributed by atoms with E-state index in [9.17, 15) is 9.59 Å². The fourth-order valence-electron chi connectivity index (χ4n) is 2.79. The Bertz CT molecular complexity index is 747. The van der Waals surface area contributed by atoms with Gasteiger partial charge in [-0.1, -0.05) is 24.3 Å². The first-order chi connectivity index (χ1) is 11.4. The molecule has 0 aliphatic rings. The first-order valence-corrected chi connectivity index (χ1v) is 7.76. The minimum Gasteiger partial charge on any atom is -0.480 e. The maximum atomic E-state index is 12.7. The highest BCUT2D eigenvalue weighted by Crippen LogP contribution is 2.18. The molecule has 0 bridgehead atoms. The first-order valence-electron chi connectivity index (χ1n) is 7.76. The van der Waals surface area contributed by atoms with E-state index in [1.54, 1.807) is 23.1 Å². The molecule has 0 radical (unpaired) electrons. The molecule has 0 atom stereocenters. The van der Waals surface area contributed by atoms with Crippen LogP contribution in [0.4, 0.5) is 5.69 Å². The number of carboxylic acid groups (broad SMARTS) is 1. The molecule has 5 nitrogen and oxygen atoms in total. The van der Waals surface area contributed by atoms with Gasteiger partial charge in [0.05, 0.1) is 6.54 Å². The fraction of sp³-hybridized carbons (Fsp3) is 0.263. The number of nitrogens with zero attached hydrogens (tertiary/aromatic N) is 2. The monoisotopic (exact) mass is 326 g/mol. The largest absolute Gasteiger partial charge is 0.480 e. The summed E-state index contributed by atoms with van der Waals surface area (Å²) in [5, 5.41) is 9.13. The van der Waals surface area contributed by atoms with Gasteiger partial charge < -0.3 is 14.6 Å². The molecule has 2 rings (SSSR count). The number of hydrogen-bond acceptors (Lipinski definition) is 3. The summed E-state index contributed by atoms with van der Waals surface area (Å²) in [7, 11) is 0. The summed E-state index contributed by atoms with van der Waals surface area (Å²) in [6.07, 6.45) is 1.79. The third kappa shape index (κ3) is 3.93. The predicted molar refractivity (Wildman–Crippen MR) is 94.7 cm³/mol. The second kappa shape index (κ2) is 7.64. The molecule has 1 aromatic carbocycles. The number of anilines is 1. The average molecular weight is 326 g/mol. The van der Waals surface area contributed by atoms with Crippen LogP contribution in [0, 0.1) is 13.8 Å². The van der Waals surface area contributed by atoms with Crippen LogP contribution in [0.1, 0.15) is 21.7 Å². The lowest BCUT2D eigenvalue weighted by molar-refractivity contribution is -0.135. The molecule has 0 saturated carbocycles. The van der Waals surface area contributed by atoms with Crippen LogP contribution in [0.25, 0.3) is 0 Å². The quantitative estimate of drug-likeness (QED) is 0.598. The lowest BCUT2D eigenvalue weighted by Gasteiger charge is -2.22. The van der Waals surface area contributed by atoms with Crippen molar-refractivity contribution in [2.24, 2.45) is 0 Å². The molecular formula is C19H22N2O3. The highest BCUT2D eigenvalue weighted by Gasteiger charge is 2.20. The highest BCUT2D eigenvalue weighted by molar-refractivity contribution is 6.01. The van der Waals surface area contributed by atoms with Crippen LogP contribution in [0.15, 0.2) is 49.1 Å². The number of Topliss-reactive ketones (excluding diaryl/α,β-unsaturated/α-hetero) is 1. The van der Waals surface area contributed by atoms with Gasteiger partial charge in [0.2, 0.25) is 0 Å². The first kappa shape index (κ1) is 17.5. The summed E-state index contributed by atoms with van der Waals surface area (Å²) < 4.78 is 2.02. The number of allylic oxidation sites excluding steroid dienone is 1. The Balaban J connectivity index is 2.26. The summed E-state index contributed by atoms with van der Waals surface area (Å²) in [4.78, 5) is 25.4. The Morgan fingerprint density at radius 2 is 1.88 bits per heavy atom. The Morgan fingerprint density at radius 1 is 1.21 bits per heavy atom. The van der Waals surface area contributed by atoms with Gasteiger partial charge in [-0.2, -0.15) is 0 Å². The van der Waals surface area contributed by atoms with Crippen molar-refractivity contribution >= 4 is 17.4 Å². The number of ketones is 1. The standard InChI is InChI=1S/C19H22N2O3/c1-4-10-21-14(2)11-17(15(21)3)18(22)12-20(13-19(23)24)16-8-6-5-7-9-16/h4-9,11H,1,10,12-13H2,2-3H3,(H,23,24). The highest BCUT2D eigenvalue weighted by atomic mass is 16.4. The second-order valence-electron chi connectivity index (χ2n) is 5.69. The van der Waals surface area contributed by atoms with Gasteiger partial charge in [-0.05, 0) is 32.0 Å². The number of benzene rings is 1. The molecule has 1 aromatic heterocycles. The van der Waals surface area contributed by atoms with E-state index in [1.165, 1.54) is 0 Å². The molecule has 1 heterocycles. The van der Waals surface area contributed by atoms with Crippen LogP contribution in [0.3, 0.4) is 0 Å². The molecule has 0 aliphatic heterocycles. The number of carboxylic acids is 1. The van der Waals surface area contributed by atoms with Gasteiger partial charge in [0.15, 0.2) is 5.78 Å². The molecule has 24 heavy (non-hydrogen) atoms. The van der Waals surface area contributed by atoms with Crippen molar-refractivity contribution in [1.82, 2.24) is 4.57 Å². The van der Waals surface area contributed by atoms with Gasteiger partial charge in [-0.25, -0.2) is 0 Å². The molecule has 126 valence electrons. The SMILES string of the molecule is C=CCn1c(C)cc(C(=O)CN(CC(=O)O)c2ccccc2)c1C. The third-order valence-electron chi connectivity index (χ3n) is 3.97. The minimum absolute atomic E-state index is 0.0225. The number of aliphatic carboxylic acids is 1. The van der Waals surface area contributed by atoms with E-state index in [1.807, 2.05) is 42.7 Å². The Kier molecular flexibility index (Phi) is 5.58. The maximum Gasteiger partial charge on any atom is 0.323 e. The average Bonchev–Trinajstić information content (AvgIpc) is 2.83. The van der Waals surface area contributed by atoms with Crippen LogP contribution in [0.2, 0.25) is 0 Å². The molecule has 0 fully saturated rings. The second-order valence-corrected chi connectivity index (χ2v) is 5.69. The Hall–Kier alpha value is -2.82. The van der Waals surface area contributed by atoms with Crippen molar-refractivity contribution < 1.29 is 14.7 Å². The van der Waals surface area contributed by atoms with Crippen molar-refractivity contribution in [1.29, 1.82) is 0 Å². The zero-order valence-electron chi connectivity index (χ0n) is 14.0. The Labute approximate surface area is 141 Å². The van der Waals surface area contributed by atoms with Crippen LogP contribution < -0.4 is 4.90 Å². The van der Waals surface area contributed by atoms with Gasteiger partial charge in [-0.3, -0.25) is 9.59 Å². The van der Waals surface area contributed by atoms with Crippen LogP contribution in [-0.2, 0) is 11.3 Å². The number of para-hydroxylation sites is 1. The fourth-order valence-corrected chi connectivity index (χ4v) is 2.79. The van der Waals surface area contributed by atoms with Crippen molar-refractivity contribution in [3.05, 3.63) is 66.0 Å². The third-order valence-corrected chi connectivity index (χ3v) is 3.97. The molecule has 5 heteroatoms. The van der Waals surface area contributed by atoms with E-state index in [4.69, 9.17) is 5.11 Å². The van der Waals surface area contributed by atoms with E-state index < -0.39 is 5.97 Å². The predicted octanol–water partition coefficient (Wildman–Crippen LogP) is 3.06. The molecule has 0 spiro atoms. The topological polar surface area (TPSA) is 62.5 Å². The number of aryl methyl sites for hydroxylation is 1. The normalized spacial score (nSPS) is 10.4. The summed E-state index contributed by atoms with van der Waals surface area (Å²) in [5.74, 6) is -1.06. The summed E-state index contributed by atoms with van der Waals surface area (Å²) in [6, 6.07) is 11.0. The van der Waals surface area contributed by atoms with Gasteiger partial charge in [-0.15, -0.1) is 6.58 Å². The number of carbonyl (C=O) groups excluding carboxylic acids is 1. The van der Waals surface area contributed by atoms with Crippen LogP contribution >= 0.6 is 0 Å². The summed E-state index contributed by atoms with van der Waals surface area (Å²) in [5.41, 5.74) is 3.20. The number of carbonyl (C=O) groups is 2. The molecule has 1 N–H and O–H groups in total. The van der Waals surface area contributed by atoms with Gasteiger partial charge in [0.25, 0.3) is 0 Å². The van der Waals surface area contributed by atoms with E-state index in [0.717, 1.165) is 11.4 Å². The maximum absolute atomic E-state index is 12.7.